The summed E-state index contributed by atoms with van der Waals surface area (Å²) in [6, 6.07) is 9.15. The van der Waals surface area contributed by atoms with Crippen molar-refractivity contribution in [2.75, 3.05) is 0 Å². The summed E-state index contributed by atoms with van der Waals surface area (Å²) >= 11 is 0. The quantitative estimate of drug-likeness (QED) is 0.575. The van der Waals surface area contributed by atoms with E-state index < -0.39 is 0 Å². The van der Waals surface area contributed by atoms with Gasteiger partial charge >= 0.3 is 0 Å². The summed E-state index contributed by atoms with van der Waals surface area (Å²) in [5.41, 5.74) is 0. The molecular weight excluding hydrogens is 230 g/mol. The van der Waals surface area contributed by atoms with Gasteiger partial charge in [0.25, 0.3) is 0 Å². The van der Waals surface area contributed by atoms with Gasteiger partial charge in [-0.05, 0) is 34.7 Å². The van der Waals surface area contributed by atoms with E-state index in [9.17, 15) is 0 Å². The van der Waals surface area contributed by atoms with Crippen molar-refractivity contribution in [1.82, 2.24) is 35.8 Å². The summed E-state index contributed by atoms with van der Waals surface area (Å²) in [6.07, 6.45) is 9.81. The van der Waals surface area contributed by atoms with Crippen LogP contribution in [0.1, 0.15) is 0 Å². The molecule has 0 aliphatic rings. The summed E-state index contributed by atoms with van der Waals surface area (Å²) in [6.45, 7) is 0. The summed E-state index contributed by atoms with van der Waals surface area (Å²) in [5.74, 6) is 0. The Morgan fingerprint density at radius 2 is 0.833 bits per heavy atom. The molecule has 0 atom stereocenters. The predicted octanol–water partition coefficient (Wildman–Crippen LogP) is 0.825. The van der Waals surface area contributed by atoms with Gasteiger partial charge in [-0.15, -0.1) is 20.4 Å². The van der Waals surface area contributed by atoms with Crippen molar-refractivity contribution in [3.8, 4) is 0 Å². The first kappa shape index (κ1) is 13.2. The molecule has 0 bridgehead atoms. The Kier molecular flexibility index (Phi) is 7.85. The molecule has 0 saturated heterocycles. The molecule has 0 fully saturated rings. The molecule has 7 heteroatoms. The van der Waals surface area contributed by atoms with Crippen LogP contribution in [0.4, 0.5) is 0 Å². The van der Waals surface area contributed by atoms with Gasteiger partial charge in [0.15, 0.2) is 0 Å². The summed E-state index contributed by atoms with van der Waals surface area (Å²) in [5, 5.41) is 20.3. The number of hydrogen-bond donors (Lipinski definition) is 0. The van der Waals surface area contributed by atoms with Crippen molar-refractivity contribution in [3.05, 3.63) is 67.5 Å². The fraction of sp³-hybridized carbons (Fsp3) is 0. The van der Waals surface area contributed by atoms with Gasteiger partial charge in [-0.25, -0.2) is 0 Å². The monoisotopic (exact) mass is 241 g/mol. The van der Waals surface area contributed by atoms with Crippen LogP contribution in [0.2, 0.25) is 0 Å². The normalized spacial score (nSPS) is 8.00. The first-order valence-electron chi connectivity index (χ1n) is 5.02. The highest BCUT2D eigenvalue weighted by molar-refractivity contribution is 4.88. The Hall–Kier alpha value is -2.83. The van der Waals surface area contributed by atoms with Gasteiger partial charge in [0.2, 0.25) is 0 Å². The van der Waals surface area contributed by atoms with E-state index in [1.807, 2.05) is 18.2 Å². The van der Waals surface area contributed by atoms with Crippen LogP contribution in [-0.2, 0) is 0 Å². The summed E-state index contributed by atoms with van der Waals surface area (Å²) in [7, 11) is 0. The Balaban J connectivity index is 0.000000135. The standard InChI is InChI=1S/C5H5N.2C3H3N3/c3*1-2-4-6-5-3-1/h1-5H;2*1-3H. The average Bonchev–Trinajstić information content (AvgIpc) is 2.54. The highest BCUT2D eigenvalue weighted by Crippen LogP contribution is 1.73. The number of pyridine rings is 1. The predicted molar refractivity (Wildman–Crippen MR) is 63.9 cm³/mol. The third-order valence-corrected chi connectivity index (χ3v) is 1.38. The van der Waals surface area contributed by atoms with Crippen molar-refractivity contribution in [2.24, 2.45) is 0 Å². The van der Waals surface area contributed by atoms with Gasteiger partial charge in [-0.3, -0.25) is 4.98 Å². The largest absolute Gasteiger partial charge is 0.265 e. The maximum atomic E-state index is 3.78. The van der Waals surface area contributed by atoms with Gasteiger partial charge in [0.1, 0.15) is 0 Å². The molecule has 0 spiro atoms. The summed E-state index contributed by atoms with van der Waals surface area (Å²) < 4.78 is 0. The third-order valence-electron chi connectivity index (χ3n) is 1.38. The molecule has 3 rings (SSSR count). The molecule has 0 aromatic carbocycles. The third kappa shape index (κ3) is 8.48. The number of aromatic nitrogens is 7. The van der Waals surface area contributed by atoms with Crippen LogP contribution in [0, 0.1) is 0 Å². The molecular formula is C11H11N7. The molecule has 18 heavy (non-hydrogen) atoms. The fourth-order valence-corrected chi connectivity index (χ4v) is 0.722. The van der Waals surface area contributed by atoms with E-state index in [1.54, 1.807) is 49.3 Å². The Morgan fingerprint density at radius 1 is 0.389 bits per heavy atom. The maximum Gasteiger partial charge on any atom is 0.0529 e. The van der Waals surface area contributed by atoms with E-state index in [0.717, 1.165) is 0 Å². The molecule has 90 valence electrons. The molecule has 0 aliphatic carbocycles. The lowest BCUT2D eigenvalue weighted by Gasteiger charge is -1.70. The van der Waals surface area contributed by atoms with Gasteiger partial charge < -0.3 is 0 Å². The van der Waals surface area contributed by atoms with Crippen molar-refractivity contribution in [3.63, 3.8) is 0 Å². The zero-order valence-electron chi connectivity index (χ0n) is 9.48. The number of rotatable bonds is 0. The molecule has 0 radical (unpaired) electrons. The van der Waals surface area contributed by atoms with Crippen LogP contribution in [-0.4, -0.2) is 35.8 Å². The van der Waals surface area contributed by atoms with Crippen LogP contribution in [0.3, 0.4) is 0 Å². The van der Waals surface area contributed by atoms with Crippen molar-refractivity contribution >= 4 is 0 Å². The highest BCUT2D eigenvalue weighted by Gasteiger charge is 1.61. The minimum absolute atomic E-state index is 1.58. The fourth-order valence-electron chi connectivity index (χ4n) is 0.722. The van der Waals surface area contributed by atoms with E-state index in [1.165, 1.54) is 0 Å². The van der Waals surface area contributed by atoms with Gasteiger partial charge in [-0.2, -0.15) is 0 Å². The van der Waals surface area contributed by atoms with Gasteiger partial charge in [0, 0.05) is 12.4 Å². The van der Waals surface area contributed by atoms with Crippen molar-refractivity contribution in [1.29, 1.82) is 0 Å². The smallest absolute Gasteiger partial charge is 0.0529 e. The van der Waals surface area contributed by atoms with E-state index in [0.29, 0.717) is 0 Å². The highest BCUT2D eigenvalue weighted by atomic mass is 15.3. The van der Waals surface area contributed by atoms with Crippen molar-refractivity contribution in [2.45, 2.75) is 0 Å². The maximum absolute atomic E-state index is 3.78. The van der Waals surface area contributed by atoms with Crippen LogP contribution in [0.25, 0.3) is 0 Å². The first-order chi connectivity index (χ1) is 9.00. The molecule has 0 amide bonds. The van der Waals surface area contributed by atoms with E-state index >= 15 is 0 Å². The Morgan fingerprint density at radius 3 is 0.944 bits per heavy atom. The number of hydrogen-bond acceptors (Lipinski definition) is 7. The zero-order chi connectivity index (χ0) is 12.7. The second-order valence-electron chi connectivity index (χ2n) is 2.65. The second kappa shape index (κ2) is 10.7. The summed E-state index contributed by atoms with van der Waals surface area (Å²) in [4.78, 5) is 3.78. The zero-order valence-corrected chi connectivity index (χ0v) is 9.48. The second-order valence-corrected chi connectivity index (χ2v) is 2.65. The molecule has 3 heterocycles. The first-order valence-corrected chi connectivity index (χ1v) is 5.02. The Bertz CT molecular complexity index is 308. The van der Waals surface area contributed by atoms with Crippen LogP contribution in [0.5, 0.6) is 0 Å². The van der Waals surface area contributed by atoms with E-state index in [4.69, 9.17) is 0 Å². The average molecular weight is 241 g/mol. The molecule has 0 aliphatic heterocycles. The van der Waals surface area contributed by atoms with Crippen LogP contribution in [0.15, 0.2) is 67.5 Å². The van der Waals surface area contributed by atoms with Gasteiger partial charge in [0.05, 0.1) is 24.8 Å². The molecule has 0 N–H and O–H groups in total. The number of nitrogens with zero attached hydrogens (tertiary/aromatic N) is 7. The lowest BCUT2D eigenvalue weighted by Crippen LogP contribution is -1.78. The molecule has 0 saturated carbocycles. The van der Waals surface area contributed by atoms with Crippen molar-refractivity contribution < 1.29 is 0 Å². The van der Waals surface area contributed by atoms with E-state index in [-0.39, 0.29) is 0 Å². The molecule has 3 aromatic heterocycles. The van der Waals surface area contributed by atoms with Crippen LogP contribution < -0.4 is 0 Å². The topological polar surface area (TPSA) is 90.2 Å². The lowest BCUT2D eigenvalue weighted by molar-refractivity contribution is 0.865. The molecule has 3 aromatic rings. The minimum atomic E-state index is 1.58. The van der Waals surface area contributed by atoms with Gasteiger partial charge in [-0.1, -0.05) is 6.07 Å². The minimum Gasteiger partial charge on any atom is -0.265 e. The SMILES string of the molecule is c1ccncc1.c1cnnnc1.c1cnnnc1. The molecule has 7 nitrogen and oxygen atoms in total. The van der Waals surface area contributed by atoms with Crippen LogP contribution >= 0.6 is 0 Å². The lowest BCUT2D eigenvalue weighted by atomic mass is 10.5. The van der Waals surface area contributed by atoms with E-state index in [2.05, 4.69) is 35.8 Å². The molecule has 0 unspecified atom stereocenters. The Labute approximate surface area is 104 Å².